The number of hydrogen-bond acceptors (Lipinski definition) is 5. The van der Waals surface area contributed by atoms with Crippen LogP contribution < -0.4 is 0 Å². The molecule has 0 amide bonds. The van der Waals surface area contributed by atoms with Gasteiger partial charge in [0.15, 0.2) is 5.78 Å². The lowest BCUT2D eigenvalue weighted by Gasteiger charge is -2.36. The number of hydrogen-bond donors (Lipinski definition) is 0. The molecule has 2 aliphatic heterocycles. The van der Waals surface area contributed by atoms with Gasteiger partial charge < -0.3 is 4.74 Å². The number of rotatable bonds is 12. The van der Waals surface area contributed by atoms with E-state index in [1.165, 1.54) is 41.5 Å². The molecule has 2 aliphatic rings. The lowest BCUT2D eigenvalue weighted by atomic mass is 9.84. The number of aryl methyl sites for hydroxylation is 1. The van der Waals surface area contributed by atoms with Crippen LogP contribution in [-0.4, -0.2) is 47.3 Å². The number of carbonyl (C=O) groups is 2. The number of nitrogens with zero attached hydrogens (tertiary/aromatic N) is 2. The van der Waals surface area contributed by atoms with Gasteiger partial charge in [0.2, 0.25) is 0 Å². The molecule has 1 atom stereocenters. The first-order valence-corrected chi connectivity index (χ1v) is 16.8. The average Bonchev–Trinajstić information content (AvgIpc) is 3.23. The second-order valence-electron chi connectivity index (χ2n) is 13.3. The number of piperidine rings is 1. The smallest absolute Gasteiger partial charge is 0.315 e. The molecule has 1 fully saturated rings. The highest BCUT2D eigenvalue weighted by Gasteiger charge is 2.32. The molecule has 5 rings (SSSR count). The Hall–Kier alpha value is -3.28. The molecule has 3 aromatic rings. The first-order chi connectivity index (χ1) is 21.3. The van der Waals surface area contributed by atoms with Crippen LogP contribution in [0, 0.1) is 0 Å². The van der Waals surface area contributed by atoms with Gasteiger partial charge in [0.25, 0.3) is 0 Å². The van der Waals surface area contributed by atoms with Crippen molar-refractivity contribution >= 4 is 11.8 Å². The summed E-state index contributed by atoms with van der Waals surface area (Å²) in [5.74, 6) is 0.0829. The molecule has 2 heterocycles. The van der Waals surface area contributed by atoms with E-state index in [0.29, 0.717) is 19.1 Å². The summed E-state index contributed by atoms with van der Waals surface area (Å²) >= 11 is 0. The number of esters is 1. The van der Waals surface area contributed by atoms with Gasteiger partial charge in [-0.1, -0.05) is 73.2 Å². The van der Waals surface area contributed by atoms with Gasteiger partial charge in [-0.2, -0.15) is 0 Å². The molecule has 1 saturated heterocycles. The van der Waals surface area contributed by atoms with Gasteiger partial charge in [-0.15, -0.1) is 0 Å². The van der Waals surface area contributed by atoms with Crippen molar-refractivity contribution in [2.45, 2.75) is 103 Å². The molecule has 234 valence electrons. The highest BCUT2D eigenvalue weighted by molar-refractivity contribution is 5.96. The summed E-state index contributed by atoms with van der Waals surface area (Å²) in [5, 5.41) is 0. The minimum atomic E-state index is -0.677. The average molecular weight is 595 g/mol. The molecule has 5 nitrogen and oxygen atoms in total. The van der Waals surface area contributed by atoms with Crippen LogP contribution in [0.5, 0.6) is 0 Å². The summed E-state index contributed by atoms with van der Waals surface area (Å²) in [4.78, 5) is 31.1. The van der Waals surface area contributed by atoms with Crippen molar-refractivity contribution in [2.24, 2.45) is 0 Å². The minimum Gasteiger partial charge on any atom is -0.465 e. The Balaban J connectivity index is 1.17. The molecule has 3 aromatic carbocycles. The molecule has 5 heteroatoms. The summed E-state index contributed by atoms with van der Waals surface area (Å²) in [6.07, 6.45) is 8.41. The van der Waals surface area contributed by atoms with Gasteiger partial charge in [-0.3, -0.25) is 19.4 Å². The summed E-state index contributed by atoms with van der Waals surface area (Å²) < 4.78 is 5.34. The van der Waals surface area contributed by atoms with Gasteiger partial charge in [-0.25, -0.2) is 0 Å². The molecule has 0 radical (unpaired) electrons. The first-order valence-electron chi connectivity index (χ1n) is 16.8. The highest BCUT2D eigenvalue weighted by atomic mass is 16.5. The van der Waals surface area contributed by atoms with Gasteiger partial charge in [0.1, 0.15) is 0 Å². The maximum absolute atomic E-state index is 13.4. The third-order valence-electron chi connectivity index (χ3n) is 9.60. The Morgan fingerprint density at radius 3 is 2.50 bits per heavy atom. The van der Waals surface area contributed by atoms with Gasteiger partial charge >= 0.3 is 5.97 Å². The quantitative estimate of drug-likeness (QED) is 0.158. The van der Waals surface area contributed by atoms with Crippen molar-refractivity contribution in [3.63, 3.8) is 0 Å². The number of ether oxygens (including phenoxy) is 1. The van der Waals surface area contributed by atoms with Crippen molar-refractivity contribution in [1.82, 2.24) is 9.80 Å². The molecule has 0 saturated carbocycles. The van der Waals surface area contributed by atoms with E-state index in [4.69, 9.17) is 4.74 Å². The zero-order valence-electron chi connectivity index (χ0n) is 27.0. The summed E-state index contributed by atoms with van der Waals surface area (Å²) in [7, 11) is 0. The van der Waals surface area contributed by atoms with Crippen LogP contribution in [0.4, 0.5) is 0 Å². The van der Waals surface area contributed by atoms with E-state index < -0.39 is 5.41 Å². The predicted molar refractivity (Wildman–Crippen MR) is 178 cm³/mol. The van der Waals surface area contributed by atoms with Crippen molar-refractivity contribution in [2.75, 3.05) is 19.7 Å². The molecular formula is C39H50N2O3. The monoisotopic (exact) mass is 594 g/mol. The standard InChI is InChI=1S/C39H50N2O3/c1-4-44-38(43)39(2,3)35-17-10-15-31(25-35)28-41-24-9-8-18-36(41)19-11-20-37(42)33-22-21-32-16-12-23-40(29-34(32)26-33)27-30-13-6-5-7-14-30/h5-7,10,13-15,17,21-22,25-26,36H,4,8-9,11-12,16,18-20,23-24,27-29H2,1-3H3. The first kappa shape index (κ1) is 32.1. The predicted octanol–water partition coefficient (Wildman–Crippen LogP) is 7.88. The van der Waals surface area contributed by atoms with Crippen LogP contribution in [0.3, 0.4) is 0 Å². The van der Waals surface area contributed by atoms with Gasteiger partial charge in [0, 0.05) is 37.7 Å². The van der Waals surface area contributed by atoms with Crippen LogP contribution in [0.1, 0.15) is 104 Å². The second kappa shape index (κ2) is 15.1. The number of fused-ring (bicyclic) bond motifs is 1. The summed E-state index contributed by atoms with van der Waals surface area (Å²) in [5.41, 5.74) is 6.47. The Morgan fingerprint density at radius 1 is 0.864 bits per heavy atom. The summed E-state index contributed by atoms with van der Waals surface area (Å²) in [6, 6.07) is 26.0. The van der Waals surface area contributed by atoms with Crippen molar-refractivity contribution in [3.05, 3.63) is 106 Å². The fourth-order valence-corrected chi connectivity index (χ4v) is 6.94. The van der Waals surface area contributed by atoms with Crippen molar-refractivity contribution in [1.29, 1.82) is 0 Å². The van der Waals surface area contributed by atoms with Crippen LogP contribution in [0.25, 0.3) is 0 Å². The summed E-state index contributed by atoms with van der Waals surface area (Å²) in [6.45, 7) is 11.0. The topological polar surface area (TPSA) is 49.9 Å². The second-order valence-corrected chi connectivity index (χ2v) is 13.3. The lowest BCUT2D eigenvalue weighted by Crippen LogP contribution is -2.39. The van der Waals surface area contributed by atoms with E-state index in [-0.39, 0.29) is 11.8 Å². The minimum absolute atomic E-state index is 0.184. The van der Waals surface area contributed by atoms with Crippen molar-refractivity contribution in [3.8, 4) is 0 Å². The van der Waals surface area contributed by atoms with E-state index in [0.717, 1.165) is 69.5 Å². The third-order valence-corrected chi connectivity index (χ3v) is 9.60. The number of Topliss-reactive ketones (excluding diaryl/α,β-unsaturated/α-hetero) is 1. The molecule has 0 spiro atoms. The Kier molecular flexibility index (Phi) is 11.1. The van der Waals surface area contributed by atoms with E-state index >= 15 is 0 Å². The fourth-order valence-electron chi connectivity index (χ4n) is 6.94. The van der Waals surface area contributed by atoms with E-state index in [1.54, 1.807) is 0 Å². The Morgan fingerprint density at radius 2 is 1.68 bits per heavy atom. The number of benzene rings is 3. The van der Waals surface area contributed by atoms with E-state index in [9.17, 15) is 9.59 Å². The maximum Gasteiger partial charge on any atom is 0.315 e. The molecule has 0 aromatic heterocycles. The maximum atomic E-state index is 13.4. The number of likely N-dealkylation sites (tertiary alicyclic amines) is 1. The SMILES string of the molecule is CCOC(=O)C(C)(C)c1cccc(CN2CCCCC2CCCC(=O)c2ccc3c(c2)CN(Cc2ccccc2)CCC3)c1. The molecule has 0 aliphatic carbocycles. The third kappa shape index (κ3) is 8.25. The zero-order chi connectivity index (χ0) is 30.9. The lowest BCUT2D eigenvalue weighted by molar-refractivity contribution is -0.148. The molecule has 0 bridgehead atoms. The molecule has 44 heavy (non-hydrogen) atoms. The number of ketones is 1. The van der Waals surface area contributed by atoms with E-state index in [2.05, 4.69) is 76.5 Å². The fraction of sp³-hybridized carbons (Fsp3) is 0.487. The zero-order valence-corrected chi connectivity index (χ0v) is 27.0. The molecular weight excluding hydrogens is 544 g/mol. The van der Waals surface area contributed by atoms with Gasteiger partial charge in [-0.05, 0) is 106 Å². The van der Waals surface area contributed by atoms with Crippen LogP contribution in [0.2, 0.25) is 0 Å². The Bertz CT molecular complexity index is 1400. The van der Waals surface area contributed by atoms with Crippen LogP contribution in [-0.2, 0) is 41.0 Å². The van der Waals surface area contributed by atoms with Crippen LogP contribution in [0.15, 0.2) is 72.8 Å². The van der Waals surface area contributed by atoms with Crippen LogP contribution >= 0.6 is 0 Å². The molecule has 1 unspecified atom stereocenters. The normalized spacial score (nSPS) is 17.9. The largest absolute Gasteiger partial charge is 0.465 e. The highest BCUT2D eigenvalue weighted by Crippen LogP contribution is 2.29. The Labute approximate surface area is 264 Å². The van der Waals surface area contributed by atoms with Crippen molar-refractivity contribution < 1.29 is 14.3 Å². The molecule has 0 N–H and O–H groups in total. The van der Waals surface area contributed by atoms with Gasteiger partial charge in [0.05, 0.1) is 12.0 Å². The number of carbonyl (C=O) groups excluding carboxylic acids is 2. The van der Waals surface area contributed by atoms with E-state index in [1.807, 2.05) is 26.8 Å².